The van der Waals surface area contributed by atoms with Crippen molar-refractivity contribution in [3.63, 3.8) is 0 Å². The summed E-state index contributed by atoms with van der Waals surface area (Å²) in [4.78, 5) is 2.45. The van der Waals surface area contributed by atoms with Gasteiger partial charge in [-0.3, -0.25) is 0 Å². The van der Waals surface area contributed by atoms with Gasteiger partial charge < -0.3 is 4.90 Å². The largest absolute Gasteiger partial charge is 0.310 e. The Labute approximate surface area is 335 Å². The van der Waals surface area contributed by atoms with Crippen LogP contribution in [0.1, 0.15) is 47.2 Å². The molecule has 0 unspecified atom stereocenters. The predicted octanol–water partition coefficient (Wildman–Crippen LogP) is 14.6. The van der Waals surface area contributed by atoms with Gasteiger partial charge in [-0.1, -0.05) is 178 Å². The lowest BCUT2D eigenvalue weighted by Crippen LogP contribution is -2.28. The number of fused-ring (bicyclic) bond motifs is 7. The van der Waals surface area contributed by atoms with Gasteiger partial charge in [0.25, 0.3) is 0 Å². The first-order valence-electron chi connectivity index (χ1n) is 20.0. The van der Waals surface area contributed by atoms with Crippen molar-refractivity contribution in [2.45, 2.75) is 24.7 Å². The molecule has 0 heterocycles. The zero-order chi connectivity index (χ0) is 38.1. The SMILES string of the molecule is CC1(C)c2ccccc2-c2ccc(N(c3cccc(-c4ccccc4)c3)c3ccc4cc5c(cc4c3)C(c3ccccc3)(c3ccccc3)c3ccccc3-5)cc21. The molecule has 2 aliphatic rings. The Morgan fingerprint density at radius 2 is 0.860 bits per heavy atom. The minimum atomic E-state index is -0.455. The highest BCUT2D eigenvalue weighted by molar-refractivity contribution is 5.98. The summed E-state index contributed by atoms with van der Waals surface area (Å²) in [7, 11) is 0. The average Bonchev–Trinajstić information content (AvgIpc) is 3.69. The lowest BCUT2D eigenvalue weighted by molar-refractivity contribution is 0.660. The third-order valence-electron chi connectivity index (χ3n) is 12.7. The zero-order valence-electron chi connectivity index (χ0n) is 32.2. The van der Waals surface area contributed by atoms with Gasteiger partial charge in [-0.25, -0.2) is 0 Å². The van der Waals surface area contributed by atoms with Crippen molar-refractivity contribution in [2.75, 3.05) is 4.90 Å². The summed E-state index contributed by atoms with van der Waals surface area (Å²) < 4.78 is 0. The molecule has 0 aliphatic heterocycles. The Balaban J connectivity index is 1.14. The summed E-state index contributed by atoms with van der Waals surface area (Å²) in [6.07, 6.45) is 0. The lowest BCUT2D eigenvalue weighted by Gasteiger charge is -2.34. The summed E-state index contributed by atoms with van der Waals surface area (Å²) in [5, 5.41) is 2.45. The fourth-order valence-electron chi connectivity index (χ4n) is 10.0. The average molecular weight is 728 g/mol. The van der Waals surface area contributed by atoms with E-state index in [1.807, 2.05) is 0 Å². The van der Waals surface area contributed by atoms with Crippen LogP contribution in [0, 0.1) is 0 Å². The molecule has 0 saturated carbocycles. The van der Waals surface area contributed by atoms with Gasteiger partial charge in [0.05, 0.1) is 5.41 Å². The molecule has 0 amide bonds. The van der Waals surface area contributed by atoms with Gasteiger partial charge in [0.1, 0.15) is 0 Å². The van der Waals surface area contributed by atoms with Crippen molar-refractivity contribution in [3.05, 3.63) is 246 Å². The van der Waals surface area contributed by atoms with Crippen LogP contribution in [0.4, 0.5) is 17.1 Å². The first kappa shape index (κ1) is 33.4. The second-order valence-corrected chi connectivity index (χ2v) is 16.1. The monoisotopic (exact) mass is 727 g/mol. The lowest BCUT2D eigenvalue weighted by atomic mass is 9.67. The number of hydrogen-bond donors (Lipinski definition) is 0. The molecule has 1 heteroatoms. The van der Waals surface area contributed by atoms with Gasteiger partial charge in [0.15, 0.2) is 0 Å². The quantitative estimate of drug-likeness (QED) is 0.165. The molecule has 0 aromatic heterocycles. The van der Waals surface area contributed by atoms with Crippen LogP contribution in [0.3, 0.4) is 0 Å². The van der Waals surface area contributed by atoms with Crippen LogP contribution in [0.5, 0.6) is 0 Å². The van der Waals surface area contributed by atoms with E-state index in [1.165, 1.54) is 77.5 Å². The second-order valence-electron chi connectivity index (χ2n) is 16.1. The molecule has 0 fully saturated rings. The van der Waals surface area contributed by atoms with E-state index in [0.29, 0.717) is 0 Å². The third kappa shape index (κ3) is 5.02. The highest BCUT2D eigenvalue weighted by atomic mass is 15.1. The summed E-state index contributed by atoms with van der Waals surface area (Å²) in [6, 6.07) is 78.8. The molecular weight excluding hydrogens is 687 g/mol. The van der Waals surface area contributed by atoms with Crippen LogP contribution in [-0.2, 0) is 10.8 Å². The minimum absolute atomic E-state index is 0.114. The van der Waals surface area contributed by atoms with Crippen LogP contribution in [0.25, 0.3) is 44.2 Å². The van der Waals surface area contributed by atoms with E-state index < -0.39 is 5.41 Å². The number of nitrogens with zero attached hydrogens (tertiary/aromatic N) is 1. The van der Waals surface area contributed by atoms with Gasteiger partial charge in [-0.05, 0) is 126 Å². The summed E-state index contributed by atoms with van der Waals surface area (Å²) in [5.74, 6) is 0. The summed E-state index contributed by atoms with van der Waals surface area (Å²) in [6.45, 7) is 4.73. The number of rotatable bonds is 6. The Morgan fingerprint density at radius 3 is 1.58 bits per heavy atom. The standard InChI is InChI=1S/C56H41N/c1-55(2)51-27-14-12-25-47(51)49-32-31-46(37-53(49)55)57(44-24-16-19-39(33-44)38-17-6-3-7-18-38)45-30-29-40-35-50-48-26-13-15-28-52(48)56(42-20-8-4-9-21-42,43-22-10-5-11-23-43)54(50)36-41(40)34-45/h3-37H,1-2H3. The molecule has 0 atom stereocenters. The molecule has 9 aromatic carbocycles. The minimum Gasteiger partial charge on any atom is -0.310 e. The van der Waals surface area contributed by atoms with E-state index in [-0.39, 0.29) is 5.41 Å². The molecule has 9 aromatic rings. The molecule has 2 aliphatic carbocycles. The fraction of sp³-hybridized carbons (Fsp3) is 0.0714. The second kappa shape index (κ2) is 12.8. The van der Waals surface area contributed by atoms with E-state index in [0.717, 1.165) is 17.1 Å². The molecular formula is C56H41N. The van der Waals surface area contributed by atoms with Gasteiger partial charge in [-0.2, -0.15) is 0 Å². The van der Waals surface area contributed by atoms with Gasteiger partial charge in [0.2, 0.25) is 0 Å². The van der Waals surface area contributed by atoms with Gasteiger partial charge in [0, 0.05) is 22.5 Å². The molecule has 11 rings (SSSR count). The number of anilines is 3. The molecule has 1 nitrogen and oxygen atoms in total. The Bertz CT molecular complexity index is 2940. The Kier molecular flexibility index (Phi) is 7.50. The zero-order valence-corrected chi connectivity index (χ0v) is 32.2. The van der Waals surface area contributed by atoms with E-state index >= 15 is 0 Å². The number of hydrogen-bond acceptors (Lipinski definition) is 1. The first-order valence-corrected chi connectivity index (χ1v) is 20.0. The van der Waals surface area contributed by atoms with Crippen molar-refractivity contribution < 1.29 is 0 Å². The van der Waals surface area contributed by atoms with Crippen molar-refractivity contribution in [1.82, 2.24) is 0 Å². The molecule has 0 radical (unpaired) electrons. The van der Waals surface area contributed by atoms with Crippen molar-refractivity contribution >= 4 is 27.8 Å². The predicted molar refractivity (Wildman–Crippen MR) is 239 cm³/mol. The molecule has 0 bridgehead atoms. The highest BCUT2D eigenvalue weighted by Gasteiger charge is 2.46. The molecule has 0 spiro atoms. The first-order chi connectivity index (χ1) is 28.0. The molecule has 0 N–H and O–H groups in total. The fourth-order valence-corrected chi connectivity index (χ4v) is 10.0. The molecule has 57 heavy (non-hydrogen) atoms. The molecule has 270 valence electrons. The van der Waals surface area contributed by atoms with E-state index in [2.05, 4.69) is 231 Å². The smallest absolute Gasteiger partial charge is 0.0713 e. The van der Waals surface area contributed by atoms with E-state index in [9.17, 15) is 0 Å². The van der Waals surface area contributed by atoms with Crippen LogP contribution >= 0.6 is 0 Å². The van der Waals surface area contributed by atoms with E-state index in [4.69, 9.17) is 0 Å². The topological polar surface area (TPSA) is 3.24 Å². The van der Waals surface area contributed by atoms with Crippen LogP contribution in [-0.4, -0.2) is 0 Å². The number of benzene rings is 9. The summed E-state index contributed by atoms with van der Waals surface area (Å²) in [5.41, 5.74) is 18.4. The Morgan fingerprint density at radius 1 is 0.316 bits per heavy atom. The van der Waals surface area contributed by atoms with E-state index in [1.54, 1.807) is 0 Å². The Hall–Kier alpha value is -6.96. The van der Waals surface area contributed by atoms with Crippen LogP contribution < -0.4 is 4.90 Å². The summed E-state index contributed by atoms with van der Waals surface area (Å²) >= 11 is 0. The van der Waals surface area contributed by atoms with Crippen LogP contribution in [0.2, 0.25) is 0 Å². The van der Waals surface area contributed by atoms with Crippen molar-refractivity contribution in [1.29, 1.82) is 0 Å². The molecule has 0 saturated heterocycles. The van der Waals surface area contributed by atoms with Gasteiger partial charge >= 0.3 is 0 Å². The third-order valence-corrected chi connectivity index (χ3v) is 12.7. The maximum atomic E-state index is 2.48. The maximum Gasteiger partial charge on any atom is 0.0713 e. The van der Waals surface area contributed by atoms with Crippen molar-refractivity contribution in [2.24, 2.45) is 0 Å². The highest BCUT2D eigenvalue weighted by Crippen LogP contribution is 2.57. The normalized spacial score (nSPS) is 14.1. The van der Waals surface area contributed by atoms with Gasteiger partial charge in [-0.15, -0.1) is 0 Å². The van der Waals surface area contributed by atoms with Crippen molar-refractivity contribution in [3.8, 4) is 33.4 Å². The maximum absolute atomic E-state index is 2.48. The van der Waals surface area contributed by atoms with Crippen LogP contribution in [0.15, 0.2) is 212 Å².